The Balaban J connectivity index is 2.04. The first-order valence-electron chi connectivity index (χ1n) is 9.13. The van der Waals surface area contributed by atoms with Crippen LogP contribution in [0.3, 0.4) is 0 Å². The van der Waals surface area contributed by atoms with Crippen LogP contribution in [0.1, 0.15) is 11.1 Å². The molecule has 0 saturated heterocycles. The Morgan fingerprint density at radius 3 is 1.91 bits per heavy atom. The Labute approximate surface area is 194 Å². The van der Waals surface area contributed by atoms with Gasteiger partial charge in [0, 0.05) is 5.69 Å². The summed E-state index contributed by atoms with van der Waals surface area (Å²) in [6, 6.07) is 5.32. The van der Waals surface area contributed by atoms with E-state index in [0.717, 1.165) is 18.2 Å². The maximum atomic E-state index is 13.0. The summed E-state index contributed by atoms with van der Waals surface area (Å²) in [5, 5.41) is 3.94. The smallest absolute Gasteiger partial charge is 0.321 e. The van der Waals surface area contributed by atoms with E-state index in [1.807, 2.05) is 0 Å². The third-order valence-corrected chi connectivity index (χ3v) is 4.93. The summed E-state index contributed by atoms with van der Waals surface area (Å²) in [5.41, 5.74) is -2.51. The van der Waals surface area contributed by atoms with Crippen LogP contribution in [0, 0.1) is 0 Å². The first kappa shape index (κ1) is 26.7. The Bertz CT molecular complexity index is 1060. The van der Waals surface area contributed by atoms with Crippen molar-refractivity contribution in [3.05, 3.63) is 57.6 Å². The first-order valence-corrected chi connectivity index (χ1v) is 9.89. The fourth-order valence-corrected chi connectivity index (χ4v) is 3.23. The lowest BCUT2D eigenvalue weighted by Crippen LogP contribution is -2.49. The number of alkyl halides is 6. The number of rotatable bonds is 6. The molecule has 180 valence electrons. The number of hydrogen-bond donors (Lipinski definition) is 2. The highest BCUT2D eigenvalue weighted by Crippen LogP contribution is 2.36. The molecule has 0 saturated carbocycles. The van der Waals surface area contributed by atoms with Crippen molar-refractivity contribution in [1.29, 1.82) is 0 Å². The van der Waals surface area contributed by atoms with Gasteiger partial charge in [-0.05, 0) is 36.4 Å². The number of quaternary nitrogens is 1. The zero-order valence-electron chi connectivity index (χ0n) is 17.2. The third-order valence-electron chi connectivity index (χ3n) is 4.27. The molecule has 0 heterocycles. The van der Waals surface area contributed by atoms with Crippen molar-refractivity contribution in [2.75, 3.05) is 37.8 Å². The summed E-state index contributed by atoms with van der Waals surface area (Å²) in [7, 11) is 2.96. The zero-order valence-corrected chi connectivity index (χ0v) is 18.7. The maximum absolute atomic E-state index is 13.0. The molecule has 0 aliphatic heterocycles. The van der Waals surface area contributed by atoms with E-state index in [0.29, 0.717) is 12.1 Å². The largest absolute Gasteiger partial charge is 0.417 e. The van der Waals surface area contributed by atoms with Gasteiger partial charge < -0.3 is 15.1 Å². The van der Waals surface area contributed by atoms with Crippen LogP contribution in [-0.2, 0) is 21.9 Å². The minimum absolute atomic E-state index is 0.109. The van der Waals surface area contributed by atoms with E-state index in [9.17, 15) is 35.9 Å². The van der Waals surface area contributed by atoms with Crippen LogP contribution in [-0.4, -0.2) is 43.5 Å². The molecule has 0 bridgehead atoms. The minimum atomic E-state index is -4.71. The van der Waals surface area contributed by atoms with E-state index in [-0.39, 0.29) is 34.0 Å². The molecule has 0 aliphatic carbocycles. The van der Waals surface area contributed by atoms with E-state index in [1.54, 1.807) is 0 Å². The molecule has 0 aliphatic rings. The van der Waals surface area contributed by atoms with Crippen molar-refractivity contribution >= 4 is 46.4 Å². The second-order valence-corrected chi connectivity index (χ2v) is 8.55. The number of halogens is 8. The van der Waals surface area contributed by atoms with Gasteiger partial charge in [-0.2, -0.15) is 26.3 Å². The molecular weight excluding hydrogens is 499 g/mol. The fourth-order valence-electron chi connectivity index (χ4n) is 2.84. The van der Waals surface area contributed by atoms with Gasteiger partial charge in [-0.1, -0.05) is 23.2 Å². The summed E-state index contributed by atoms with van der Waals surface area (Å²) >= 11 is 11.4. The number of benzene rings is 2. The maximum Gasteiger partial charge on any atom is 0.417 e. The average molecular weight is 517 g/mol. The molecule has 0 spiro atoms. The van der Waals surface area contributed by atoms with E-state index < -0.39 is 40.3 Å². The molecule has 2 amide bonds. The lowest BCUT2D eigenvalue weighted by Gasteiger charge is -2.28. The van der Waals surface area contributed by atoms with Gasteiger partial charge in [-0.25, -0.2) is 0 Å². The summed E-state index contributed by atoms with van der Waals surface area (Å²) < 4.78 is 77.2. The molecule has 2 rings (SSSR count). The Hall–Kier alpha value is -2.50. The summed E-state index contributed by atoms with van der Waals surface area (Å²) in [5.74, 6) is -1.42. The topological polar surface area (TPSA) is 58.2 Å². The fraction of sp³-hybridized carbons (Fsp3) is 0.300. The summed E-state index contributed by atoms with van der Waals surface area (Å²) in [6.45, 7) is -0.665. The quantitative estimate of drug-likeness (QED) is 0.383. The van der Waals surface area contributed by atoms with Crippen LogP contribution >= 0.6 is 23.2 Å². The van der Waals surface area contributed by atoms with Crippen molar-refractivity contribution in [3.8, 4) is 0 Å². The van der Waals surface area contributed by atoms with Gasteiger partial charge >= 0.3 is 12.4 Å². The van der Waals surface area contributed by atoms with Gasteiger partial charge in [0.05, 0.1) is 41.0 Å². The number of carbonyl (C=O) groups is 2. The Kier molecular flexibility index (Phi) is 7.93. The standard InChI is InChI=1S/C20H17Cl2F6N3O2/c1-31(2,9-17(32)29-12-4-6-14(21)13(8-12)20(26,27)28)10-18(33)30-16-7-11(19(23,24)25)3-5-15(16)22/h3-8H,9-10H2,1-2H3,(H-,29,30,32,33)/p+1. The van der Waals surface area contributed by atoms with Crippen LogP contribution in [0.4, 0.5) is 37.7 Å². The van der Waals surface area contributed by atoms with Crippen LogP contribution in [0.15, 0.2) is 36.4 Å². The normalized spacial score (nSPS) is 12.4. The van der Waals surface area contributed by atoms with Gasteiger partial charge in [0.25, 0.3) is 11.8 Å². The van der Waals surface area contributed by atoms with Gasteiger partial charge in [0.2, 0.25) is 0 Å². The van der Waals surface area contributed by atoms with Crippen molar-refractivity contribution in [2.45, 2.75) is 12.4 Å². The van der Waals surface area contributed by atoms with E-state index in [4.69, 9.17) is 23.2 Å². The molecule has 0 aromatic heterocycles. The minimum Gasteiger partial charge on any atom is -0.321 e. The van der Waals surface area contributed by atoms with Crippen LogP contribution in [0.5, 0.6) is 0 Å². The number of nitrogens with zero attached hydrogens (tertiary/aromatic N) is 1. The van der Waals surface area contributed by atoms with Crippen LogP contribution in [0.2, 0.25) is 10.0 Å². The summed E-state index contributed by atoms with van der Waals surface area (Å²) in [4.78, 5) is 24.6. The number of amides is 2. The van der Waals surface area contributed by atoms with Gasteiger partial charge in [0.1, 0.15) is 0 Å². The molecular formula is C20H18Cl2F6N3O2+. The molecule has 5 nitrogen and oxygen atoms in total. The van der Waals surface area contributed by atoms with Crippen molar-refractivity contribution < 1.29 is 40.4 Å². The van der Waals surface area contributed by atoms with Gasteiger partial charge in [-0.3, -0.25) is 9.59 Å². The lowest BCUT2D eigenvalue weighted by atomic mass is 10.2. The third kappa shape index (κ3) is 7.79. The van der Waals surface area contributed by atoms with E-state index in [2.05, 4.69) is 10.6 Å². The predicted molar refractivity (Wildman–Crippen MR) is 112 cm³/mol. The van der Waals surface area contributed by atoms with E-state index >= 15 is 0 Å². The lowest BCUT2D eigenvalue weighted by molar-refractivity contribution is -0.874. The predicted octanol–water partition coefficient (Wildman–Crippen LogP) is 5.68. The molecule has 0 radical (unpaired) electrons. The molecule has 2 N–H and O–H groups in total. The molecule has 13 heteroatoms. The molecule has 0 fully saturated rings. The Morgan fingerprint density at radius 2 is 1.36 bits per heavy atom. The van der Waals surface area contributed by atoms with Gasteiger partial charge in [-0.15, -0.1) is 0 Å². The van der Waals surface area contributed by atoms with Crippen molar-refractivity contribution in [3.63, 3.8) is 0 Å². The second-order valence-electron chi connectivity index (χ2n) is 7.73. The van der Waals surface area contributed by atoms with E-state index in [1.165, 1.54) is 20.2 Å². The molecule has 2 aromatic carbocycles. The number of hydrogen-bond acceptors (Lipinski definition) is 2. The van der Waals surface area contributed by atoms with Crippen LogP contribution in [0.25, 0.3) is 0 Å². The number of carbonyl (C=O) groups excluding carboxylic acids is 2. The number of likely N-dealkylation sites (N-methyl/N-ethyl adjacent to an activating group) is 1. The molecule has 0 unspecified atom stereocenters. The Morgan fingerprint density at radius 1 is 0.818 bits per heavy atom. The van der Waals surface area contributed by atoms with Gasteiger partial charge in [0.15, 0.2) is 13.1 Å². The number of nitrogens with one attached hydrogen (secondary N) is 2. The zero-order chi connectivity index (χ0) is 25.2. The number of anilines is 2. The molecule has 33 heavy (non-hydrogen) atoms. The highest BCUT2D eigenvalue weighted by molar-refractivity contribution is 6.33. The highest BCUT2D eigenvalue weighted by Gasteiger charge is 2.34. The second kappa shape index (κ2) is 9.78. The van der Waals surface area contributed by atoms with Crippen molar-refractivity contribution in [2.24, 2.45) is 0 Å². The average Bonchev–Trinajstić information content (AvgIpc) is 2.62. The monoisotopic (exact) mass is 516 g/mol. The summed E-state index contributed by atoms with van der Waals surface area (Å²) in [6.07, 6.45) is -9.35. The van der Waals surface area contributed by atoms with Crippen molar-refractivity contribution in [1.82, 2.24) is 0 Å². The molecule has 2 aromatic rings. The SMILES string of the molecule is C[N+](C)(CC(=O)Nc1ccc(Cl)c(C(F)(F)F)c1)CC(=O)Nc1cc(C(F)(F)F)ccc1Cl. The van der Waals surface area contributed by atoms with Crippen LogP contribution < -0.4 is 10.6 Å². The molecule has 0 atom stereocenters. The highest BCUT2D eigenvalue weighted by atomic mass is 35.5. The first-order chi connectivity index (χ1) is 15.0.